The van der Waals surface area contributed by atoms with E-state index < -0.39 is 0 Å². The molecule has 4 nitrogen and oxygen atoms in total. The van der Waals surface area contributed by atoms with E-state index in [9.17, 15) is 4.79 Å². The van der Waals surface area contributed by atoms with Gasteiger partial charge in [0.1, 0.15) is 5.75 Å². The number of hydrogen-bond donors (Lipinski definition) is 2. The molecule has 0 atom stereocenters. The first-order valence-corrected chi connectivity index (χ1v) is 8.23. The second-order valence-electron chi connectivity index (χ2n) is 5.90. The minimum Gasteiger partial charge on any atom is -0.495 e. The number of aryl methyl sites for hydroxylation is 3. The quantitative estimate of drug-likeness (QED) is 0.796. The Morgan fingerprint density at radius 2 is 1.75 bits per heavy atom. The molecule has 0 unspecified atom stereocenters. The molecule has 2 N–H and O–H groups in total. The van der Waals surface area contributed by atoms with Crippen molar-refractivity contribution in [2.24, 2.45) is 0 Å². The van der Waals surface area contributed by atoms with Crippen LogP contribution >= 0.6 is 11.6 Å². The lowest BCUT2D eigenvalue weighted by Gasteiger charge is -2.13. The summed E-state index contributed by atoms with van der Waals surface area (Å²) in [6.45, 7) is 6.46. The van der Waals surface area contributed by atoms with Crippen molar-refractivity contribution < 1.29 is 9.53 Å². The number of nitrogens with one attached hydrogen (secondary N) is 2. The summed E-state index contributed by atoms with van der Waals surface area (Å²) in [7, 11) is 1.60. The van der Waals surface area contributed by atoms with Gasteiger partial charge in [-0.25, -0.2) is 0 Å². The molecule has 2 aromatic rings. The third-order valence-electron chi connectivity index (χ3n) is 3.65. The van der Waals surface area contributed by atoms with Crippen LogP contribution in [-0.4, -0.2) is 19.6 Å². The zero-order valence-corrected chi connectivity index (χ0v) is 15.3. The Labute approximate surface area is 148 Å². The van der Waals surface area contributed by atoms with E-state index in [2.05, 4.69) is 16.7 Å². The summed E-state index contributed by atoms with van der Waals surface area (Å²) >= 11 is 6.09. The van der Waals surface area contributed by atoms with Gasteiger partial charge in [-0.1, -0.05) is 17.7 Å². The minimum atomic E-state index is -0.0304. The molecule has 0 aliphatic heterocycles. The topological polar surface area (TPSA) is 50.4 Å². The molecule has 0 aromatic heterocycles. The zero-order valence-electron chi connectivity index (χ0n) is 14.5. The number of benzene rings is 2. The van der Waals surface area contributed by atoms with Crippen LogP contribution in [0, 0.1) is 20.8 Å². The number of carbonyl (C=O) groups excluding carboxylic acids is 1. The summed E-state index contributed by atoms with van der Waals surface area (Å²) < 4.78 is 5.31. The van der Waals surface area contributed by atoms with Gasteiger partial charge in [0.15, 0.2) is 0 Å². The molecule has 1 amide bonds. The number of rotatable bonds is 6. The molecule has 2 aromatic carbocycles. The van der Waals surface area contributed by atoms with Crippen LogP contribution < -0.4 is 15.4 Å². The first kappa shape index (κ1) is 18.1. The summed E-state index contributed by atoms with van der Waals surface area (Å²) in [4.78, 5) is 12.1. The fraction of sp³-hybridized carbons (Fsp3) is 0.316. The lowest BCUT2D eigenvalue weighted by molar-refractivity contribution is -0.115. The highest BCUT2D eigenvalue weighted by Gasteiger charge is 2.08. The molecular weight excluding hydrogens is 324 g/mol. The van der Waals surface area contributed by atoms with Gasteiger partial charge in [-0.2, -0.15) is 0 Å². The highest BCUT2D eigenvalue weighted by molar-refractivity contribution is 6.31. The van der Waals surface area contributed by atoms with Crippen LogP contribution in [0.5, 0.6) is 5.75 Å². The first-order chi connectivity index (χ1) is 11.4. The monoisotopic (exact) mass is 346 g/mol. The second kappa shape index (κ2) is 8.06. The summed E-state index contributed by atoms with van der Waals surface area (Å²) in [5.41, 5.74) is 4.88. The molecule has 5 heteroatoms. The second-order valence-corrected chi connectivity index (χ2v) is 6.31. The Kier molecular flexibility index (Phi) is 6.10. The van der Waals surface area contributed by atoms with E-state index in [1.807, 2.05) is 39.0 Å². The molecule has 0 aliphatic rings. The molecule has 0 fully saturated rings. The lowest BCUT2D eigenvalue weighted by Crippen LogP contribution is -2.16. The molecule has 0 radical (unpaired) electrons. The van der Waals surface area contributed by atoms with Crippen LogP contribution in [0.25, 0.3) is 0 Å². The number of amides is 1. The van der Waals surface area contributed by atoms with Gasteiger partial charge < -0.3 is 15.4 Å². The van der Waals surface area contributed by atoms with E-state index in [1.54, 1.807) is 13.2 Å². The van der Waals surface area contributed by atoms with Crippen LogP contribution in [0.15, 0.2) is 30.3 Å². The van der Waals surface area contributed by atoms with Crippen LogP contribution in [0.1, 0.15) is 23.1 Å². The fourth-order valence-electron chi connectivity index (χ4n) is 2.55. The van der Waals surface area contributed by atoms with Gasteiger partial charge in [-0.15, -0.1) is 0 Å². The smallest absolute Gasteiger partial charge is 0.226 e. The van der Waals surface area contributed by atoms with E-state index in [0.29, 0.717) is 23.7 Å². The Bertz CT molecular complexity index is 724. The molecule has 0 aliphatic carbocycles. The molecule has 0 bridgehead atoms. The lowest BCUT2D eigenvalue weighted by atomic mass is 10.1. The predicted molar refractivity (Wildman–Crippen MR) is 100 cm³/mol. The molecule has 2 rings (SSSR count). The third-order valence-corrected chi connectivity index (χ3v) is 4.06. The van der Waals surface area contributed by atoms with Gasteiger partial charge in [0.05, 0.1) is 12.8 Å². The zero-order chi connectivity index (χ0) is 17.7. The highest BCUT2D eigenvalue weighted by Crippen LogP contribution is 2.30. The summed E-state index contributed by atoms with van der Waals surface area (Å²) in [6, 6.07) is 9.69. The Morgan fingerprint density at radius 1 is 1.08 bits per heavy atom. The van der Waals surface area contributed by atoms with Crippen LogP contribution in [0.3, 0.4) is 0 Å². The van der Waals surface area contributed by atoms with Gasteiger partial charge in [0, 0.05) is 29.7 Å². The van der Waals surface area contributed by atoms with Crippen molar-refractivity contribution in [2.45, 2.75) is 27.2 Å². The van der Waals surface area contributed by atoms with E-state index in [0.717, 1.165) is 28.1 Å². The van der Waals surface area contributed by atoms with Crippen LogP contribution in [-0.2, 0) is 4.79 Å². The normalized spacial score (nSPS) is 10.4. The molecule has 0 spiro atoms. The maximum absolute atomic E-state index is 12.1. The number of methoxy groups -OCH3 is 1. The highest BCUT2D eigenvalue weighted by atomic mass is 35.5. The number of halogens is 1. The molecular formula is C19H23ClN2O2. The van der Waals surface area contributed by atoms with Gasteiger partial charge >= 0.3 is 0 Å². The van der Waals surface area contributed by atoms with Crippen LogP contribution in [0.4, 0.5) is 11.4 Å². The number of ether oxygens (including phenoxy) is 1. The molecule has 128 valence electrons. The van der Waals surface area contributed by atoms with Crippen LogP contribution in [0.2, 0.25) is 5.02 Å². The number of carbonyl (C=O) groups is 1. The molecule has 0 saturated carbocycles. The Hall–Kier alpha value is -2.20. The number of anilines is 2. The maximum Gasteiger partial charge on any atom is 0.226 e. The molecule has 0 saturated heterocycles. The number of hydrogen-bond acceptors (Lipinski definition) is 3. The summed E-state index contributed by atoms with van der Waals surface area (Å²) in [5, 5.41) is 6.81. The van der Waals surface area contributed by atoms with Crippen molar-refractivity contribution in [1.29, 1.82) is 0 Å². The fourth-order valence-corrected chi connectivity index (χ4v) is 2.70. The van der Waals surface area contributed by atoms with E-state index in [1.165, 1.54) is 0 Å². The van der Waals surface area contributed by atoms with Crippen molar-refractivity contribution in [3.05, 3.63) is 52.0 Å². The largest absolute Gasteiger partial charge is 0.495 e. The van der Waals surface area contributed by atoms with Crippen molar-refractivity contribution >= 4 is 28.9 Å². The summed E-state index contributed by atoms with van der Waals surface area (Å²) in [5.74, 6) is 0.637. The predicted octanol–water partition coefficient (Wildman–Crippen LogP) is 4.71. The third kappa shape index (κ3) is 4.90. The Balaban J connectivity index is 1.92. The van der Waals surface area contributed by atoms with Gasteiger partial charge in [0.25, 0.3) is 0 Å². The SMILES string of the molecule is COc1cc(Cl)c(C)cc1NCCC(=O)Nc1cc(C)cc(C)c1. The van der Waals surface area contributed by atoms with Gasteiger partial charge in [-0.05, 0) is 55.7 Å². The first-order valence-electron chi connectivity index (χ1n) is 7.85. The van der Waals surface area contributed by atoms with E-state index in [4.69, 9.17) is 16.3 Å². The van der Waals surface area contributed by atoms with Crippen molar-refractivity contribution in [3.63, 3.8) is 0 Å². The van der Waals surface area contributed by atoms with Crippen molar-refractivity contribution in [1.82, 2.24) is 0 Å². The average molecular weight is 347 g/mol. The van der Waals surface area contributed by atoms with Gasteiger partial charge in [-0.3, -0.25) is 4.79 Å². The standard InChI is InChI=1S/C19H23ClN2O2/c1-12-7-13(2)9-15(8-12)22-19(23)5-6-21-17-10-14(3)16(20)11-18(17)24-4/h7-11,21H,5-6H2,1-4H3,(H,22,23). The van der Waals surface area contributed by atoms with E-state index >= 15 is 0 Å². The van der Waals surface area contributed by atoms with Crippen molar-refractivity contribution in [2.75, 3.05) is 24.3 Å². The Morgan fingerprint density at radius 3 is 2.38 bits per heavy atom. The van der Waals surface area contributed by atoms with Gasteiger partial charge in [0.2, 0.25) is 5.91 Å². The van der Waals surface area contributed by atoms with Crippen molar-refractivity contribution in [3.8, 4) is 5.75 Å². The average Bonchev–Trinajstić information content (AvgIpc) is 2.49. The maximum atomic E-state index is 12.1. The molecule has 24 heavy (non-hydrogen) atoms. The molecule has 0 heterocycles. The minimum absolute atomic E-state index is 0.0304. The summed E-state index contributed by atoms with van der Waals surface area (Å²) in [6.07, 6.45) is 0.359. The van der Waals surface area contributed by atoms with E-state index in [-0.39, 0.29) is 5.91 Å².